The summed E-state index contributed by atoms with van der Waals surface area (Å²) in [5.41, 5.74) is 2.65. The van der Waals surface area contributed by atoms with E-state index in [9.17, 15) is 0 Å². The van der Waals surface area contributed by atoms with Crippen molar-refractivity contribution in [3.8, 4) is 17.1 Å². The number of aromatic nitrogens is 2. The highest BCUT2D eigenvalue weighted by atomic mass is 35.5. The molecule has 0 aliphatic heterocycles. The molecule has 1 aromatic heterocycles. The largest absolute Gasteiger partial charge is 0.496 e. The normalized spacial score (nSPS) is 10.4. The molecule has 1 heterocycles. The molecule has 19 heavy (non-hydrogen) atoms. The van der Waals surface area contributed by atoms with Gasteiger partial charge in [-0.15, -0.1) is 0 Å². The molecule has 0 bridgehead atoms. The van der Waals surface area contributed by atoms with E-state index in [1.165, 1.54) is 0 Å². The molecule has 0 fully saturated rings. The first kappa shape index (κ1) is 13.6. The Morgan fingerprint density at radius 1 is 1.21 bits per heavy atom. The number of ether oxygens (including phenoxy) is 1. The number of anilines is 1. The van der Waals surface area contributed by atoms with Gasteiger partial charge >= 0.3 is 0 Å². The summed E-state index contributed by atoms with van der Waals surface area (Å²) in [6, 6.07) is 5.49. The van der Waals surface area contributed by atoms with E-state index in [-0.39, 0.29) is 0 Å². The van der Waals surface area contributed by atoms with Crippen LogP contribution >= 0.6 is 11.6 Å². The van der Waals surface area contributed by atoms with Crippen LogP contribution < -0.4 is 10.1 Å². The number of rotatable bonds is 3. The molecule has 0 saturated heterocycles. The SMILES string of the molecule is CNc1nc(-c2c(Cl)cccc2OC)nc(C)c1C. The molecule has 0 spiro atoms. The second-order valence-corrected chi connectivity index (χ2v) is 4.58. The third kappa shape index (κ3) is 2.49. The number of hydrogen-bond donors (Lipinski definition) is 1. The minimum atomic E-state index is 0.565. The predicted octanol–water partition coefficient (Wildman–Crippen LogP) is 3.46. The summed E-state index contributed by atoms with van der Waals surface area (Å²) in [6.07, 6.45) is 0. The van der Waals surface area contributed by atoms with Crippen molar-refractivity contribution in [3.05, 3.63) is 34.5 Å². The fraction of sp³-hybridized carbons (Fsp3) is 0.286. The Balaban J connectivity index is 2.69. The van der Waals surface area contributed by atoms with Crippen molar-refractivity contribution >= 4 is 17.4 Å². The quantitative estimate of drug-likeness (QED) is 0.933. The number of aryl methyl sites for hydroxylation is 1. The molecule has 0 amide bonds. The molecule has 0 saturated carbocycles. The highest BCUT2D eigenvalue weighted by molar-refractivity contribution is 6.33. The number of benzene rings is 1. The van der Waals surface area contributed by atoms with Crippen molar-refractivity contribution in [2.75, 3.05) is 19.5 Å². The first-order chi connectivity index (χ1) is 9.08. The van der Waals surface area contributed by atoms with Crippen LogP contribution in [0.3, 0.4) is 0 Å². The molecule has 100 valence electrons. The molecular weight excluding hydrogens is 262 g/mol. The van der Waals surface area contributed by atoms with Crippen LogP contribution in [-0.2, 0) is 0 Å². The van der Waals surface area contributed by atoms with E-state index >= 15 is 0 Å². The average molecular weight is 278 g/mol. The summed E-state index contributed by atoms with van der Waals surface area (Å²) >= 11 is 6.25. The number of halogens is 1. The van der Waals surface area contributed by atoms with Crippen molar-refractivity contribution < 1.29 is 4.74 Å². The third-order valence-corrected chi connectivity index (χ3v) is 3.36. The summed E-state index contributed by atoms with van der Waals surface area (Å²) in [7, 11) is 3.44. The van der Waals surface area contributed by atoms with E-state index in [0.29, 0.717) is 22.2 Å². The van der Waals surface area contributed by atoms with Gasteiger partial charge in [-0.25, -0.2) is 9.97 Å². The first-order valence-electron chi connectivity index (χ1n) is 5.94. The van der Waals surface area contributed by atoms with E-state index in [1.807, 2.05) is 33.0 Å². The van der Waals surface area contributed by atoms with Gasteiger partial charge in [0.05, 0.1) is 17.7 Å². The van der Waals surface area contributed by atoms with Crippen LogP contribution in [0.1, 0.15) is 11.3 Å². The molecule has 0 unspecified atom stereocenters. The monoisotopic (exact) mass is 277 g/mol. The molecule has 0 aliphatic rings. The fourth-order valence-corrected chi connectivity index (χ4v) is 2.13. The number of hydrogen-bond acceptors (Lipinski definition) is 4. The van der Waals surface area contributed by atoms with Crippen LogP contribution in [0.4, 0.5) is 5.82 Å². The van der Waals surface area contributed by atoms with Gasteiger partial charge in [0.2, 0.25) is 0 Å². The Labute approximate surface area is 117 Å². The minimum Gasteiger partial charge on any atom is -0.496 e. The van der Waals surface area contributed by atoms with Gasteiger partial charge in [0.15, 0.2) is 5.82 Å². The minimum absolute atomic E-state index is 0.565. The zero-order valence-corrected chi connectivity index (χ0v) is 12.2. The fourth-order valence-electron chi connectivity index (χ4n) is 1.88. The van der Waals surface area contributed by atoms with E-state index in [4.69, 9.17) is 16.3 Å². The lowest BCUT2D eigenvalue weighted by molar-refractivity contribution is 0.416. The van der Waals surface area contributed by atoms with Crippen LogP contribution in [0.15, 0.2) is 18.2 Å². The average Bonchev–Trinajstić information content (AvgIpc) is 2.41. The summed E-state index contributed by atoms with van der Waals surface area (Å²) in [5.74, 6) is 2.03. The second-order valence-electron chi connectivity index (χ2n) is 4.17. The molecule has 0 atom stereocenters. The molecule has 4 nitrogen and oxygen atoms in total. The molecule has 2 aromatic rings. The number of nitrogens with zero attached hydrogens (tertiary/aromatic N) is 2. The lowest BCUT2D eigenvalue weighted by Crippen LogP contribution is -2.03. The van der Waals surface area contributed by atoms with Crippen molar-refractivity contribution in [1.82, 2.24) is 9.97 Å². The summed E-state index contributed by atoms with van der Waals surface area (Å²) in [6.45, 7) is 3.93. The topological polar surface area (TPSA) is 47.0 Å². The van der Waals surface area contributed by atoms with Gasteiger partial charge in [0.25, 0.3) is 0 Å². The van der Waals surface area contributed by atoms with Gasteiger partial charge in [-0.2, -0.15) is 0 Å². The molecule has 5 heteroatoms. The Bertz CT molecular complexity index is 614. The molecule has 2 rings (SSSR count). The van der Waals surface area contributed by atoms with E-state index in [1.54, 1.807) is 13.2 Å². The Kier molecular flexibility index (Phi) is 3.90. The maximum Gasteiger partial charge on any atom is 0.167 e. The highest BCUT2D eigenvalue weighted by Crippen LogP contribution is 2.35. The van der Waals surface area contributed by atoms with Gasteiger partial charge in [-0.1, -0.05) is 17.7 Å². The third-order valence-electron chi connectivity index (χ3n) is 3.04. The number of methoxy groups -OCH3 is 1. The molecule has 0 radical (unpaired) electrons. The van der Waals surface area contributed by atoms with E-state index in [2.05, 4.69) is 15.3 Å². The Hall–Kier alpha value is -1.81. The summed E-state index contributed by atoms with van der Waals surface area (Å²) in [4.78, 5) is 9.01. The Morgan fingerprint density at radius 3 is 2.58 bits per heavy atom. The maximum absolute atomic E-state index is 6.25. The van der Waals surface area contributed by atoms with Crippen molar-refractivity contribution in [2.24, 2.45) is 0 Å². The smallest absolute Gasteiger partial charge is 0.167 e. The van der Waals surface area contributed by atoms with Crippen molar-refractivity contribution in [3.63, 3.8) is 0 Å². The Morgan fingerprint density at radius 2 is 1.95 bits per heavy atom. The van der Waals surface area contributed by atoms with E-state index < -0.39 is 0 Å². The van der Waals surface area contributed by atoms with Gasteiger partial charge in [0.1, 0.15) is 11.6 Å². The number of nitrogens with one attached hydrogen (secondary N) is 1. The van der Waals surface area contributed by atoms with Crippen LogP contribution in [0.25, 0.3) is 11.4 Å². The molecular formula is C14H16ClN3O. The second kappa shape index (κ2) is 5.45. The highest BCUT2D eigenvalue weighted by Gasteiger charge is 2.15. The van der Waals surface area contributed by atoms with Crippen LogP contribution in [0.2, 0.25) is 5.02 Å². The van der Waals surface area contributed by atoms with Gasteiger partial charge in [0, 0.05) is 18.3 Å². The molecule has 1 aromatic carbocycles. The van der Waals surface area contributed by atoms with Crippen molar-refractivity contribution in [1.29, 1.82) is 0 Å². The molecule has 1 N–H and O–H groups in total. The zero-order chi connectivity index (χ0) is 14.0. The summed E-state index contributed by atoms with van der Waals surface area (Å²) in [5, 5.41) is 3.64. The van der Waals surface area contributed by atoms with Gasteiger partial charge in [-0.05, 0) is 26.0 Å². The van der Waals surface area contributed by atoms with Crippen molar-refractivity contribution in [2.45, 2.75) is 13.8 Å². The van der Waals surface area contributed by atoms with Crippen LogP contribution in [0.5, 0.6) is 5.75 Å². The maximum atomic E-state index is 6.25. The lowest BCUT2D eigenvalue weighted by Gasteiger charge is -2.13. The predicted molar refractivity (Wildman–Crippen MR) is 78.1 cm³/mol. The lowest BCUT2D eigenvalue weighted by atomic mass is 10.1. The summed E-state index contributed by atoms with van der Waals surface area (Å²) < 4.78 is 5.34. The first-order valence-corrected chi connectivity index (χ1v) is 6.32. The van der Waals surface area contributed by atoms with Gasteiger partial charge in [-0.3, -0.25) is 0 Å². The standard InChI is InChI=1S/C14H16ClN3O/c1-8-9(2)17-14(18-13(8)16-3)12-10(15)6-5-7-11(12)19-4/h5-7H,1-4H3,(H,16,17,18). The molecule has 0 aliphatic carbocycles. The zero-order valence-electron chi connectivity index (χ0n) is 11.4. The van der Waals surface area contributed by atoms with Crippen LogP contribution in [0, 0.1) is 13.8 Å². The van der Waals surface area contributed by atoms with E-state index in [0.717, 1.165) is 17.1 Å². The van der Waals surface area contributed by atoms with Gasteiger partial charge < -0.3 is 10.1 Å². The van der Waals surface area contributed by atoms with Crippen LogP contribution in [-0.4, -0.2) is 24.1 Å².